The molecule has 2 nitrogen and oxygen atoms in total. The monoisotopic (exact) mass is 271 g/mol. The molecule has 0 bridgehead atoms. The van der Waals surface area contributed by atoms with Crippen molar-refractivity contribution in [1.82, 2.24) is 4.98 Å². The topological polar surface area (TPSA) is 22.1 Å². The highest BCUT2D eigenvalue weighted by Crippen LogP contribution is 2.38. The van der Waals surface area contributed by atoms with Crippen molar-refractivity contribution in [2.75, 3.05) is 0 Å². The summed E-state index contributed by atoms with van der Waals surface area (Å²) in [6, 6.07) is 2.02. The molecule has 0 fully saturated rings. The highest BCUT2D eigenvalue weighted by molar-refractivity contribution is 6.48. The number of aromatic nitrogens is 1. The molecule has 1 aromatic heterocycles. The van der Waals surface area contributed by atoms with Crippen molar-refractivity contribution >= 4 is 20.6 Å². The molecule has 0 N–H and O–H groups in total. The third-order valence-corrected chi connectivity index (χ3v) is 3.86. The number of halogens is 1. The van der Waals surface area contributed by atoms with E-state index >= 15 is 0 Å². The van der Waals surface area contributed by atoms with Crippen molar-refractivity contribution in [1.29, 1.82) is 0 Å². The van der Waals surface area contributed by atoms with Crippen LogP contribution >= 0.6 is 11.6 Å². The van der Waals surface area contributed by atoms with Crippen molar-refractivity contribution in [3.63, 3.8) is 0 Å². The van der Waals surface area contributed by atoms with E-state index in [1.807, 2.05) is 13.0 Å². The van der Waals surface area contributed by atoms with E-state index in [9.17, 15) is 0 Å². The van der Waals surface area contributed by atoms with Crippen LogP contribution in [-0.4, -0.2) is 14.0 Å². The van der Waals surface area contributed by atoms with Gasteiger partial charge < -0.3 is 4.43 Å². The zero-order valence-corrected chi connectivity index (χ0v) is 13.5. The van der Waals surface area contributed by atoms with E-state index < -0.39 is 9.04 Å². The molecule has 0 aliphatic heterocycles. The van der Waals surface area contributed by atoms with Gasteiger partial charge in [-0.2, -0.15) is 0 Å². The molecule has 96 valence electrons. The minimum Gasteiger partial charge on any atom is -0.413 e. The smallest absolute Gasteiger partial charge is 0.171 e. The molecule has 0 radical (unpaired) electrons. The molecule has 1 atom stereocenters. The van der Waals surface area contributed by atoms with Gasteiger partial charge in [-0.25, -0.2) is 4.98 Å². The zero-order chi connectivity index (χ0) is 13.2. The number of rotatable bonds is 3. The van der Waals surface area contributed by atoms with E-state index in [0.29, 0.717) is 5.15 Å². The second-order valence-corrected chi connectivity index (χ2v) is 8.47. The van der Waals surface area contributed by atoms with Crippen LogP contribution in [0.25, 0.3) is 0 Å². The van der Waals surface area contributed by atoms with E-state index in [-0.39, 0.29) is 11.5 Å². The predicted molar refractivity (Wildman–Crippen MR) is 76.1 cm³/mol. The molecule has 1 unspecified atom stereocenters. The zero-order valence-electron chi connectivity index (χ0n) is 11.5. The van der Waals surface area contributed by atoms with Gasteiger partial charge in [0.25, 0.3) is 0 Å². The summed E-state index contributed by atoms with van der Waals surface area (Å²) in [6.07, 6.45) is 1.85. The minimum absolute atomic E-state index is 0.0622. The fourth-order valence-corrected chi connectivity index (χ4v) is 3.09. The molecule has 0 aliphatic rings. The van der Waals surface area contributed by atoms with Gasteiger partial charge in [-0.05, 0) is 42.6 Å². The second kappa shape index (κ2) is 5.51. The Hall–Kier alpha value is -0.383. The number of hydrogen-bond acceptors (Lipinski definition) is 2. The predicted octanol–water partition coefficient (Wildman–Crippen LogP) is 4.13. The first-order chi connectivity index (χ1) is 7.73. The Kier molecular flexibility index (Phi) is 4.75. The van der Waals surface area contributed by atoms with Crippen LogP contribution in [0.15, 0.2) is 12.3 Å². The van der Waals surface area contributed by atoms with Gasteiger partial charge in [0.05, 0.1) is 6.10 Å². The summed E-state index contributed by atoms with van der Waals surface area (Å²) in [5.74, 6) is 0. The van der Waals surface area contributed by atoms with E-state index in [2.05, 4.69) is 38.8 Å². The molecule has 0 aromatic carbocycles. The lowest BCUT2D eigenvalue weighted by Crippen LogP contribution is -2.26. The summed E-state index contributed by atoms with van der Waals surface area (Å²) in [5.41, 5.74) is 2.26. The lowest BCUT2D eigenvalue weighted by molar-refractivity contribution is 0.0859. The molecule has 4 heteroatoms. The van der Waals surface area contributed by atoms with Crippen LogP contribution in [-0.2, 0) is 4.43 Å². The summed E-state index contributed by atoms with van der Waals surface area (Å²) in [4.78, 5) is 4.10. The summed E-state index contributed by atoms with van der Waals surface area (Å²) < 4.78 is 6.19. The van der Waals surface area contributed by atoms with Crippen LogP contribution in [0, 0.1) is 12.3 Å². The van der Waals surface area contributed by atoms with Gasteiger partial charge in [0, 0.05) is 6.20 Å². The quantitative estimate of drug-likeness (QED) is 0.609. The Labute approximate surface area is 111 Å². The van der Waals surface area contributed by atoms with Gasteiger partial charge in [0.1, 0.15) is 5.15 Å². The number of pyridine rings is 1. The Bertz CT molecular complexity index is 387. The average molecular weight is 272 g/mol. The molecular weight excluding hydrogens is 250 g/mol. The van der Waals surface area contributed by atoms with Crippen LogP contribution in [0.2, 0.25) is 18.2 Å². The van der Waals surface area contributed by atoms with Crippen molar-refractivity contribution in [2.24, 2.45) is 5.41 Å². The van der Waals surface area contributed by atoms with Gasteiger partial charge in [-0.15, -0.1) is 0 Å². The summed E-state index contributed by atoms with van der Waals surface area (Å²) in [5, 5.41) is 0.575. The second-order valence-electron chi connectivity index (χ2n) is 5.75. The Morgan fingerprint density at radius 3 is 2.41 bits per heavy atom. The maximum absolute atomic E-state index is 6.19. The van der Waals surface area contributed by atoms with Crippen molar-refractivity contribution in [2.45, 2.75) is 46.9 Å². The van der Waals surface area contributed by atoms with Gasteiger partial charge >= 0.3 is 0 Å². The molecule has 0 amide bonds. The molecule has 0 saturated carbocycles. The molecule has 1 heterocycles. The van der Waals surface area contributed by atoms with E-state index in [0.717, 1.165) is 5.56 Å². The largest absolute Gasteiger partial charge is 0.413 e. The molecule has 1 aromatic rings. The lowest BCUT2D eigenvalue weighted by atomic mass is 9.84. The van der Waals surface area contributed by atoms with Crippen LogP contribution < -0.4 is 0 Å². The third kappa shape index (κ3) is 3.80. The van der Waals surface area contributed by atoms with E-state index in [1.54, 1.807) is 6.20 Å². The molecule has 17 heavy (non-hydrogen) atoms. The SMILES string of the molecule is Cc1c(C(O[SiH](C)C)C(C)(C)C)ccnc1Cl. The first-order valence-electron chi connectivity index (χ1n) is 6.00. The van der Waals surface area contributed by atoms with Crippen LogP contribution in [0.3, 0.4) is 0 Å². The molecule has 1 rings (SSSR count). The van der Waals surface area contributed by atoms with Gasteiger partial charge in [-0.1, -0.05) is 32.4 Å². The standard InChI is InChI=1S/C13H22ClNOSi/c1-9-10(7-8-15-12(9)14)11(13(2,3)4)16-17(5)6/h7-8,11,17H,1-6H3. The van der Waals surface area contributed by atoms with Gasteiger partial charge in [-0.3, -0.25) is 0 Å². The van der Waals surface area contributed by atoms with Gasteiger partial charge in [0.2, 0.25) is 0 Å². The van der Waals surface area contributed by atoms with Crippen LogP contribution in [0.4, 0.5) is 0 Å². The third-order valence-electron chi connectivity index (χ3n) is 2.66. The Morgan fingerprint density at radius 1 is 1.35 bits per heavy atom. The lowest BCUT2D eigenvalue weighted by Gasteiger charge is -2.34. The normalized spacial score (nSPS) is 14.1. The maximum Gasteiger partial charge on any atom is 0.171 e. The van der Waals surface area contributed by atoms with Gasteiger partial charge in [0.15, 0.2) is 9.04 Å². The molecule has 0 aliphatic carbocycles. The first-order valence-corrected chi connectivity index (χ1v) is 9.16. The van der Waals surface area contributed by atoms with E-state index in [1.165, 1.54) is 5.56 Å². The Balaban J connectivity index is 3.18. The van der Waals surface area contributed by atoms with Crippen LogP contribution in [0.5, 0.6) is 0 Å². The van der Waals surface area contributed by atoms with E-state index in [4.69, 9.17) is 16.0 Å². The fraction of sp³-hybridized carbons (Fsp3) is 0.615. The Morgan fingerprint density at radius 2 is 1.94 bits per heavy atom. The maximum atomic E-state index is 6.19. The highest BCUT2D eigenvalue weighted by atomic mass is 35.5. The molecule has 0 saturated heterocycles. The summed E-state index contributed by atoms with van der Waals surface area (Å²) in [7, 11) is -1.10. The fourth-order valence-electron chi connectivity index (χ4n) is 1.82. The van der Waals surface area contributed by atoms with Crippen molar-refractivity contribution in [3.8, 4) is 0 Å². The molecule has 0 spiro atoms. The summed E-state index contributed by atoms with van der Waals surface area (Å²) in [6.45, 7) is 13.0. The summed E-state index contributed by atoms with van der Waals surface area (Å²) >= 11 is 6.09. The highest BCUT2D eigenvalue weighted by Gasteiger charge is 2.29. The number of nitrogens with zero attached hydrogens (tertiary/aromatic N) is 1. The minimum atomic E-state index is -1.10. The molecular formula is C13H22ClNOSi. The first kappa shape index (κ1) is 14.7. The van der Waals surface area contributed by atoms with Crippen molar-refractivity contribution in [3.05, 3.63) is 28.5 Å². The van der Waals surface area contributed by atoms with Crippen molar-refractivity contribution < 1.29 is 4.43 Å². The number of hydrogen-bond donors (Lipinski definition) is 0. The van der Waals surface area contributed by atoms with Crippen LogP contribution in [0.1, 0.15) is 38.0 Å². The average Bonchev–Trinajstić information content (AvgIpc) is 2.17.